The molecule has 0 aromatic carbocycles. The molecule has 0 aliphatic heterocycles. The Balaban J connectivity index is 1.93. The number of aromatic nitrogens is 4. The third-order valence-corrected chi connectivity index (χ3v) is 3.09. The Kier molecular flexibility index (Phi) is 4.03. The summed E-state index contributed by atoms with van der Waals surface area (Å²) in [7, 11) is 0. The molecular formula is C10H15N5OS. The first kappa shape index (κ1) is 12.0. The zero-order chi connectivity index (χ0) is 12.1. The number of anilines is 1. The second-order valence-corrected chi connectivity index (χ2v) is 4.64. The van der Waals surface area contributed by atoms with Crippen molar-refractivity contribution in [2.24, 2.45) is 0 Å². The van der Waals surface area contributed by atoms with E-state index < -0.39 is 0 Å². The molecule has 0 aliphatic carbocycles. The third kappa shape index (κ3) is 3.00. The number of rotatable bonds is 6. The zero-order valence-corrected chi connectivity index (χ0v) is 10.5. The van der Waals surface area contributed by atoms with Crippen molar-refractivity contribution >= 4 is 23.2 Å². The molecule has 0 spiro atoms. The largest absolute Gasteiger partial charge is 0.370 e. The Morgan fingerprint density at radius 1 is 1.53 bits per heavy atom. The first-order valence-corrected chi connectivity index (χ1v) is 6.86. The molecule has 2 aromatic heterocycles. The molecule has 6 nitrogen and oxygen atoms in total. The van der Waals surface area contributed by atoms with Crippen LogP contribution in [0.25, 0.3) is 5.65 Å². The van der Waals surface area contributed by atoms with Gasteiger partial charge in [0, 0.05) is 12.6 Å². The Morgan fingerprint density at radius 2 is 2.41 bits per heavy atom. The summed E-state index contributed by atoms with van der Waals surface area (Å²) in [6.07, 6.45) is 5.89. The fourth-order valence-corrected chi connectivity index (χ4v) is 1.99. The summed E-state index contributed by atoms with van der Waals surface area (Å²) in [5, 5.41) is 9.47. The van der Waals surface area contributed by atoms with E-state index in [1.54, 1.807) is 6.07 Å². The molecule has 92 valence electrons. The van der Waals surface area contributed by atoms with Crippen molar-refractivity contribution in [1.82, 2.24) is 19.6 Å². The number of hydrogen-bond donors (Lipinski definition) is 2. The molecule has 0 saturated carbocycles. The second-order valence-electron chi connectivity index (χ2n) is 3.66. The lowest BCUT2D eigenvalue weighted by atomic mass is 10.3. The van der Waals surface area contributed by atoms with Crippen molar-refractivity contribution in [1.29, 1.82) is 0 Å². The van der Waals surface area contributed by atoms with Gasteiger partial charge in [-0.1, -0.05) is 0 Å². The highest BCUT2D eigenvalue weighted by molar-refractivity contribution is 7.98. The van der Waals surface area contributed by atoms with E-state index in [2.05, 4.69) is 26.8 Å². The molecule has 2 rings (SSSR count). The molecule has 0 amide bonds. The summed E-state index contributed by atoms with van der Waals surface area (Å²) in [6, 6.07) is 1.76. The Labute approximate surface area is 103 Å². The zero-order valence-electron chi connectivity index (χ0n) is 9.64. The van der Waals surface area contributed by atoms with E-state index in [0.717, 1.165) is 18.8 Å². The van der Waals surface area contributed by atoms with Crippen molar-refractivity contribution < 1.29 is 0 Å². The molecular weight excluding hydrogens is 238 g/mol. The van der Waals surface area contributed by atoms with Gasteiger partial charge in [-0.2, -0.15) is 16.9 Å². The van der Waals surface area contributed by atoms with Gasteiger partial charge < -0.3 is 5.32 Å². The van der Waals surface area contributed by atoms with E-state index in [1.165, 1.54) is 22.9 Å². The van der Waals surface area contributed by atoms with E-state index in [0.29, 0.717) is 5.65 Å². The van der Waals surface area contributed by atoms with E-state index in [-0.39, 0.29) is 5.69 Å². The third-order valence-electron chi connectivity index (χ3n) is 2.39. The summed E-state index contributed by atoms with van der Waals surface area (Å²) in [4.78, 5) is 15.3. The summed E-state index contributed by atoms with van der Waals surface area (Å²) < 4.78 is 1.37. The fraction of sp³-hybridized carbons (Fsp3) is 0.500. The van der Waals surface area contributed by atoms with Crippen LogP contribution in [0.15, 0.2) is 17.2 Å². The molecule has 0 bridgehead atoms. The quantitative estimate of drug-likeness (QED) is 0.750. The van der Waals surface area contributed by atoms with Crippen LogP contribution in [-0.4, -0.2) is 38.1 Å². The molecule has 0 unspecified atom stereocenters. The smallest absolute Gasteiger partial charge is 0.348 e. The van der Waals surface area contributed by atoms with Crippen molar-refractivity contribution in [2.75, 3.05) is 23.9 Å². The lowest BCUT2D eigenvalue weighted by Crippen LogP contribution is -2.10. The average molecular weight is 253 g/mol. The Hall–Kier alpha value is -1.50. The van der Waals surface area contributed by atoms with Crippen LogP contribution in [0.2, 0.25) is 0 Å². The molecule has 7 heteroatoms. The van der Waals surface area contributed by atoms with Gasteiger partial charge in [-0.3, -0.25) is 0 Å². The second kappa shape index (κ2) is 5.72. The van der Waals surface area contributed by atoms with Crippen molar-refractivity contribution in [3.8, 4) is 0 Å². The molecule has 0 saturated heterocycles. The van der Waals surface area contributed by atoms with Crippen molar-refractivity contribution in [2.45, 2.75) is 12.8 Å². The van der Waals surface area contributed by atoms with Crippen molar-refractivity contribution in [3.63, 3.8) is 0 Å². The van der Waals surface area contributed by atoms with Crippen LogP contribution in [0.4, 0.5) is 5.82 Å². The van der Waals surface area contributed by atoms with Crippen LogP contribution < -0.4 is 11.0 Å². The van der Waals surface area contributed by atoms with Gasteiger partial charge in [0.1, 0.15) is 12.1 Å². The number of H-pyrrole nitrogens is 1. The van der Waals surface area contributed by atoms with Crippen LogP contribution >= 0.6 is 11.8 Å². The predicted molar refractivity (Wildman–Crippen MR) is 69.7 cm³/mol. The molecule has 0 atom stereocenters. The Morgan fingerprint density at radius 3 is 3.24 bits per heavy atom. The van der Waals surface area contributed by atoms with Crippen LogP contribution in [0.3, 0.4) is 0 Å². The maximum absolute atomic E-state index is 11.2. The highest BCUT2D eigenvalue weighted by Crippen LogP contribution is 2.05. The summed E-state index contributed by atoms with van der Waals surface area (Å²) in [5.74, 6) is 1.93. The molecule has 17 heavy (non-hydrogen) atoms. The average Bonchev–Trinajstić information content (AvgIpc) is 2.71. The fourth-order valence-electron chi connectivity index (χ4n) is 1.49. The monoisotopic (exact) mass is 253 g/mol. The predicted octanol–water partition coefficient (Wildman–Crippen LogP) is 0.973. The number of fused-ring (bicyclic) bond motifs is 1. The maximum Gasteiger partial charge on any atom is 0.348 e. The molecule has 2 N–H and O–H groups in total. The molecule has 0 radical (unpaired) electrons. The number of thioether (sulfide) groups is 1. The lowest BCUT2D eigenvalue weighted by molar-refractivity contribution is 0.838. The minimum absolute atomic E-state index is 0.265. The standard InChI is InChI=1S/C10H15N5OS/c1-17-5-3-2-4-11-8-6-9-13-14-10(16)15(9)7-12-8/h6-7,11H,2-5H2,1H3,(H,14,16). The summed E-state index contributed by atoms with van der Waals surface area (Å²) >= 11 is 1.86. The molecule has 0 aliphatic rings. The number of nitrogens with one attached hydrogen (secondary N) is 2. The first-order valence-electron chi connectivity index (χ1n) is 5.47. The van der Waals surface area contributed by atoms with Gasteiger partial charge in [0.25, 0.3) is 0 Å². The van der Waals surface area contributed by atoms with Crippen LogP contribution in [0, 0.1) is 0 Å². The number of hydrogen-bond acceptors (Lipinski definition) is 5. The number of unbranched alkanes of at least 4 members (excludes halogenated alkanes) is 1. The SMILES string of the molecule is CSCCCCNc1cc2n[nH]c(=O)n2cn1. The minimum Gasteiger partial charge on any atom is -0.370 e. The lowest BCUT2D eigenvalue weighted by Gasteiger charge is -2.04. The van der Waals surface area contributed by atoms with Crippen LogP contribution in [0.5, 0.6) is 0 Å². The van der Waals surface area contributed by atoms with Gasteiger partial charge in [0.15, 0.2) is 5.65 Å². The van der Waals surface area contributed by atoms with Gasteiger partial charge in [-0.15, -0.1) is 0 Å². The van der Waals surface area contributed by atoms with E-state index in [4.69, 9.17) is 0 Å². The molecule has 2 heterocycles. The maximum atomic E-state index is 11.2. The molecule has 2 aromatic rings. The summed E-state index contributed by atoms with van der Waals surface area (Å²) in [6.45, 7) is 0.887. The van der Waals surface area contributed by atoms with Gasteiger partial charge >= 0.3 is 5.69 Å². The van der Waals surface area contributed by atoms with Crippen LogP contribution in [-0.2, 0) is 0 Å². The normalized spacial score (nSPS) is 10.9. The first-order chi connectivity index (χ1) is 8.31. The van der Waals surface area contributed by atoms with Crippen molar-refractivity contribution in [3.05, 3.63) is 22.9 Å². The molecule has 0 fully saturated rings. The van der Waals surface area contributed by atoms with Gasteiger partial charge in [0.2, 0.25) is 0 Å². The van der Waals surface area contributed by atoms with Crippen LogP contribution in [0.1, 0.15) is 12.8 Å². The van der Waals surface area contributed by atoms with Gasteiger partial charge in [-0.25, -0.2) is 19.3 Å². The minimum atomic E-state index is -0.265. The Bertz CT molecular complexity index is 535. The van der Waals surface area contributed by atoms with E-state index in [9.17, 15) is 4.79 Å². The van der Waals surface area contributed by atoms with E-state index >= 15 is 0 Å². The highest BCUT2D eigenvalue weighted by Gasteiger charge is 2.01. The topological polar surface area (TPSA) is 75.1 Å². The highest BCUT2D eigenvalue weighted by atomic mass is 32.2. The van der Waals surface area contributed by atoms with Gasteiger partial charge in [-0.05, 0) is 24.9 Å². The van der Waals surface area contributed by atoms with E-state index in [1.807, 2.05) is 11.8 Å². The number of nitrogens with zero attached hydrogens (tertiary/aromatic N) is 3. The van der Waals surface area contributed by atoms with Gasteiger partial charge in [0.05, 0.1) is 0 Å². The summed E-state index contributed by atoms with van der Waals surface area (Å²) in [5.41, 5.74) is 0.315. The number of aromatic amines is 1.